The lowest BCUT2D eigenvalue weighted by molar-refractivity contribution is 0.596. The van der Waals surface area contributed by atoms with E-state index in [1.54, 1.807) is 36.5 Å². The highest BCUT2D eigenvalue weighted by molar-refractivity contribution is 7.92. The Morgan fingerprint density at radius 2 is 1.59 bits per heavy atom. The van der Waals surface area contributed by atoms with Gasteiger partial charge >= 0.3 is 0 Å². The lowest BCUT2D eigenvalue weighted by Gasteiger charge is -2.14. The number of aromatic nitrogens is 2. The Balaban J connectivity index is 1.81. The van der Waals surface area contributed by atoms with E-state index in [-0.39, 0.29) is 11.8 Å². The zero-order valence-electron chi connectivity index (χ0n) is 16.9. The van der Waals surface area contributed by atoms with Gasteiger partial charge < -0.3 is 10.6 Å². The van der Waals surface area contributed by atoms with Gasteiger partial charge in [-0.2, -0.15) is 4.98 Å². The fraction of sp³-hybridized carbons (Fsp3) is 0.158. The molecule has 0 unspecified atom stereocenters. The van der Waals surface area contributed by atoms with E-state index >= 15 is 0 Å². The van der Waals surface area contributed by atoms with E-state index in [9.17, 15) is 21.2 Å². The summed E-state index contributed by atoms with van der Waals surface area (Å²) >= 11 is 0. The molecule has 0 spiro atoms. The molecule has 0 amide bonds. The maximum absolute atomic E-state index is 14.3. The van der Waals surface area contributed by atoms with E-state index in [2.05, 4.69) is 25.3 Å². The van der Waals surface area contributed by atoms with Crippen molar-refractivity contribution in [1.29, 1.82) is 0 Å². The van der Waals surface area contributed by atoms with Gasteiger partial charge in [-0.15, -0.1) is 0 Å². The average molecular weight is 481 g/mol. The molecule has 3 rings (SSSR count). The highest BCUT2D eigenvalue weighted by atomic mass is 32.2. The molecule has 0 radical (unpaired) electrons. The van der Waals surface area contributed by atoms with Gasteiger partial charge in [0.25, 0.3) is 0 Å². The SMILES string of the molecule is CNS(=O)(=O)/C=C1/C=C(Nc2nc(NC3=C/C(=C/S(N)(=O)=O)CC=C3)ncc2F)C=CC1. The molecule has 170 valence electrons. The molecule has 0 bridgehead atoms. The maximum Gasteiger partial charge on any atom is 0.233 e. The van der Waals surface area contributed by atoms with Crippen LogP contribution in [-0.4, -0.2) is 33.9 Å². The highest BCUT2D eigenvalue weighted by Crippen LogP contribution is 2.22. The number of halogens is 1. The van der Waals surface area contributed by atoms with Crippen molar-refractivity contribution in [1.82, 2.24) is 14.7 Å². The van der Waals surface area contributed by atoms with Gasteiger partial charge in [-0.25, -0.2) is 36.1 Å². The first-order valence-electron chi connectivity index (χ1n) is 9.23. The van der Waals surface area contributed by atoms with Crippen molar-refractivity contribution in [2.75, 3.05) is 17.7 Å². The van der Waals surface area contributed by atoms with Gasteiger partial charge in [0.1, 0.15) is 0 Å². The lowest BCUT2D eigenvalue weighted by atomic mass is 10.1. The number of allylic oxidation sites excluding steroid dienone is 8. The van der Waals surface area contributed by atoms with Crippen LogP contribution in [0, 0.1) is 5.82 Å². The number of anilines is 2. The number of primary sulfonamides is 1. The van der Waals surface area contributed by atoms with E-state index in [1.165, 1.54) is 7.05 Å². The minimum Gasteiger partial charge on any atom is -0.338 e. The molecule has 0 aromatic carbocycles. The van der Waals surface area contributed by atoms with Crippen LogP contribution in [0.15, 0.2) is 76.0 Å². The molecule has 0 aliphatic heterocycles. The summed E-state index contributed by atoms with van der Waals surface area (Å²) in [6.07, 6.45) is 11.7. The summed E-state index contributed by atoms with van der Waals surface area (Å²) in [5.74, 6) is -0.779. The molecule has 1 heterocycles. The molecule has 10 nitrogen and oxygen atoms in total. The molecule has 2 aliphatic carbocycles. The molecule has 1 aromatic heterocycles. The Morgan fingerprint density at radius 3 is 2.19 bits per heavy atom. The van der Waals surface area contributed by atoms with Crippen molar-refractivity contribution >= 4 is 31.8 Å². The Hall–Kier alpha value is -3.13. The normalized spacial score (nSPS) is 19.1. The largest absolute Gasteiger partial charge is 0.338 e. The minimum absolute atomic E-state index is 0.0653. The van der Waals surface area contributed by atoms with Crippen LogP contribution in [0.2, 0.25) is 0 Å². The molecule has 0 atom stereocenters. The molecular weight excluding hydrogens is 459 g/mol. The first-order chi connectivity index (χ1) is 15.0. The second kappa shape index (κ2) is 9.56. The van der Waals surface area contributed by atoms with Crippen molar-refractivity contribution in [3.05, 3.63) is 81.8 Å². The molecule has 0 fully saturated rings. The highest BCUT2D eigenvalue weighted by Gasteiger charge is 2.13. The minimum atomic E-state index is -3.78. The summed E-state index contributed by atoms with van der Waals surface area (Å²) in [4.78, 5) is 8.00. The summed E-state index contributed by atoms with van der Waals surface area (Å²) < 4.78 is 62.4. The van der Waals surface area contributed by atoms with Gasteiger partial charge in [0.2, 0.25) is 26.0 Å². The van der Waals surface area contributed by atoms with Crippen molar-refractivity contribution in [3.63, 3.8) is 0 Å². The fourth-order valence-electron chi connectivity index (χ4n) is 2.83. The number of hydrogen-bond donors (Lipinski definition) is 4. The van der Waals surface area contributed by atoms with Crippen molar-refractivity contribution in [2.45, 2.75) is 12.8 Å². The van der Waals surface area contributed by atoms with Gasteiger partial charge in [0, 0.05) is 22.2 Å². The maximum atomic E-state index is 14.3. The number of hydrogen-bond acceptors (Lipinski definition) is 8. The second-order valence-electron chi connectivity index (χ2n) is 6.78. The van der Waals surface area contributed by atoms with E-state index in [0.717, 1.165) is 17.0 Å². The third-order valence-corrected chi connectivity index (χ3v) is 5.97. The standard InChI is InChI=1S/C19H21FN6O4S2/c1-22-32(29,30)12-14-5-3-6-15(9-14)24-18-17(20)10-23-19(26-18)25-16-7-2-4-13(8-16)11-31(21,27)28/h2-3,6-12,22H,4-5H2,1H3,(H2,21,27,28)(H2,23,24,25,26)/b13-11+,14-12+. The molecule has 0 saturated heterocycles. The summed E-state index contributed by atoms with van der Waals surface area (Å²) in [5, 5.41) is 12.8. The molecule has 1 aromatic rings. The Labute approximate surface area is 185 Å². The monoisotopic (exact) mass is 480 g/mol. The third-order valence-electron chi connectivity index (χ3n) is 4.15. The van der Waals surface area contributed by atoms with Gasteiger partial charge in [-0.1, -0.05) is 12.2 Å². The fourth-order valence-corrected chi connectivity index (χ4v) is 4.09. The summed E-state index contributed by atoms with van der Waals surface area (Å²) in [5.41, 5.74) is 1.89. The second-order valence-corrected chi connectivity index (χ2v) is 9.92. The third kappa shape index (κ3) is 6.95. The van der Waals surface area contributed by atoms with Crippen LogP contribution < -0.4 is 20.5 Å². The van der Waals surface area contributed by atoms with Crippen LogP contribution in [0.1, 0.15) is 12.8 Å². The van der Waals surface area contributed by atoms with E-state index < -0.39 is 25.9 Å². The summed E-state index contributed by atoms with van der Waals surface area (Å²) in [6.45, 7) is 0. The number of nitrogens with two attached hydrogens (primary N) is 1. The predicted octanol–water partition coefficient (Wildman–Crippen LogP) is 1.73. The molecule has 32 heavy (non-hydrogen) atoms. The van der Waals surface area contributed by atoms with Crippen LogP contribution in [0.3, 0.4) is 0 Å². The predicted molar refractivity (Wildman–Crippen MR) is 120 cm³/mol. The Bertz CT molecular complexity index is 1310. The smallest absolute Gasteiger partial charge is 0.233 e. The quantitative estimate of drug-likeness (QED) is 0.460. The van der Waals surface area contributed by atoms with Crippen LogP contribution in [0.5, 0.6) is 0 Å². The number of rotatable bonds is 7. The molecular formula is C19H21FN6O4S2. The summed E-state index contributed by atoms with van der Waals surface area (Å²) in [6, 6.07) is 0. The van der Waals surface area contributed by atoms with E-state index in [4.69, 9.17) is 5.14 Å². The van der Waals surface area contributed by atoms with Gasteiger partial charge in [0.15, 0.2) is 11.6 Å². The van der Waals surface area contributed by atoms with Gasteiger partial charge in [-0.3, -0.25) is 0 Å². The first kappa shape index (κ1) is 23.5. The van der Waals surface area contributed by atoms with Crippen molar-refractivity contribution in [3.8, 4) is 0 Å². The zero-order chi connectivity index (χ0) is 23.4. The van der Waals surface area contributed by atoms with Crippen LogP contribution in [0.4, 0.5) is 16.2 Å². The van der Waals surface area contributed by atoms with Gasteiger partial charge in [-0.05, 0) is 55.3 Å². The van der Waals surface area contributed by atoms with Crippen LogP contribution in [0.25, 0.3) is 0 Å². The molecule has 2 aliphatic rings. The number of sulfonamides is 2. The van der Waals surface area contributed by atoms with E-state index in [0.29, 0.717) is 35.4 Å². The average Bonchev–Trinajstić information content (AvgIpc) is 2.69. The van der Waals surface area contributed by atoms with Crippen molar-refractivity contribution < 1.29 is 21.2 Å². The zero-order valence-corrected chi connectivity index (χ0v) is 18.5. The Kier molecular flexibility index (Phi) is 7.03. The lowest BCUT2D eigenvalue weighted by Crippen LogP contribution is -2.16. The van der Waals surface area contributed by atoms with Gasteiger partial charge in [0.05, 0.1) is 6.20 Å². The van der Waals surface area contributed by atoms with E-state index in [1.807, 2.05) is 0 Å². The first-order valence-corrected chi connectivity index (χ1v) is 12.4. The number of nitrogens with zero attached hydrogens (tertiary/aromatic N) is 2. The number of nitrogens with one attached hydrogen (secondary N) is 3. The van der Waals surface area contributed by atoms with Crippen LogP contribution in [-0.2, 0) is 20.0 Å². The molecule has 13 heteroatoms. The van der Waals surface area contributed by atoms with Crippen molar-refractivity contribution in [2.24, 2.45) is 5.14 Å². The topological polar surface area (TPSA) is 156 Å². The van der Waals surface area contributed by atoms with Crippen LogP contribution >= 0.6 is 0 Å². The molecule has 5 N–H and O–H groups in total. The summed E-state index contributed by atoms with van der Waals surface area (Å²) in [7, 11) is -6.03. The Morgan fingerprint density at radius 1 is 1.00 bits per heavy atom. The molecule has 0 saturated carbocycles.